The molecule has 7 heteroatoms. The SMILES string of the molecule is COc1ccc(NC(=O)C=CC(CC(C)(C)C)NC(=O)C(N)Cc2cccs2)cc1. The van der Waals surface area contributed by atoms with Gasteiger partial charge in [-0.05, 0) is 47.5 Å². The summed E-state index contributed by atoms with van der Waals surface area (Å²) in [5.74, 6) is 0.226. The zero-order chi connectivity index (χ0) is 22.1. The number of amides is 2. The van der Waals surface area contributed by atoms with Crippen molar-refractivity contribution in [3.05, 3.63) is 58.8 Å². The van der Waals surface area contributed by atoms with Gasteiger partial charge in [0.1, 0.15) is 5.75 Å². The molecule has 0 bridgehead atoms. The molecule has 2 rings (SSSR count). The molecule has 1 aromatic carbocycles. The lowest BCUT2D eigenvalue weighted by Crippen LogP contribution is -2.46. The number of carbonyl (C=O) groups excluding carboxylic acids is 2. The molecule has 0 radical (unpaired) electrons. The summed E-state index contributed by atoms with van der Waals surface area (Å²) in [6.07, 6.45) is 4.34. The number of rotatable bonds is 9. The monoisotopic (exact) mass is 429 g/mol. The maximum Gasteiger partial charge on any atom is 0.248 e. The Kier molecular flexibility index (Phi) is 8.62. The Morgan fingerprint density at radius 2 is 1.90 bits per heavy atom. The molecule has 0 aliphatic carbocycles. The van der Waals surface area contributed by atoms with E-state index in [0.717, 1.165) is 10.6 Å². The largest absolute Gasteiger partial charge is 0.497 e. The van der Waals surface area contributed by atoms with Crippen molar-refractivity contribution in [1.29, 1.82) is 0 Å². The number of nitrogens with two attached hydrogens (primary N) is 1. The number of thiophene rings is 1. The van der Waals surface area contributed by atoms with E-state index in [0.29, 0.717) is 18.5 Å². The van der Waals surface area contributed by atoms with Gasteiger partial charge in [-0.2, -0.15) is 0 Å². The number of hydrogen-bond acceptors (Lipinski definition) is 5. The molecule has 0 aliphatic heterocycles. The Hall–Kier alpha value is -2.64. The summed E-state index contributed by atoms with van der Waals surface area (Å²) in [4.78, 5) is 26.0. The number of benzene rings is 1. The van der Waals surface area contributed by atoms with Gasteiger partial charge in [-0.15, -0.1) is 11.3 Å². The Morgan fingerprint density at radius 1 is 1.20 bits per heavy atom. The summed E-state index contributed by atoms with van der Waals surface area (Å²) in [5.41, 5.74) is 6.71. The average molecular weight is 430 g/mol. The van der Waals surface area contributed by atoms with Gasteiger partial charge in [0.15, 0.2) is 0 Å². The molecule has 0 spiro atoms. The highest BCUT2D eigenvalue weighted by atomic mass is 32.1. The predicted octanol–water partition coefficient (Wildman–Crippen LogP) is 3.74. The molecule has 2 amide bonds. The third kappa shape index (κ3) is 8.39. The van der Waals surface area contributed by atoms with Crippen LogP contribution in [0.2, 0.25) is 0 Å². The first-order valence-corrected chi connectivity index (χ1v) is 10.8. The van der Waals surface area contributed by atoms with Gasteiger partial charge >= 0.3 is 0 Å². The van der Waals surface area contributed by atoms with Crippen LogP contribution < -0.4 is 21.1 Å². The Balaban J connectivity index is 1.98. The highest BCUT2D eigenvalue weighted by molar-refractivity contribution is 7.09. The van der Waals surface area contributed by atoms with Crippen LogP contribution in [0.1, 0.15) is 32.1 Å². The quantitative estimate of drug-likeness (QED) is 0.529. The van der Waals surface area contributed by atoms with Gasteiger partial charge in [-0.1, -0.05) is 32.9 Å². The lowest BCUT2D eigenvalue weighted by Gasteiger charge is -2.25. The zero-order valence-electron chi connectivity index (χ0n) is 18.0. The molecule has 0 saturated carbocycles. The lowest BCUT2D eigenvalue weighted by atomic mass is 9.87. The number of nitrogens with one attached hydrogen (secondary N) is 2. The van der Waals surface area contributed by atoms with E-state index in [1.165, 1.54) is 6.08 Å². The third-order valence-corrected chi connectivity index (χ3v) is 5.23. The summed E-state index contributed by atoms with van der Waals surface area (Å²) >= 11 is 1.58. The third-order valence-electron chi connectivity index (χ3n) is 4.34. The number of anilines is 1. The van der Waals surface area contributed by atoms with Crippen LogP contribution in [0.5, 0.6) is 5.75 Å². The van der Waals surface area contributed by atoms with Crippen LogP contribution >= 0.6 is 11.3 Å². The first-order chi connectivity index (χ1) is 14.2. The standard InChI is InChI=1S/C23H31N3O3S/c1-23(2,3)15-17(26-22(28)20(24)14-19-6-5-13-30-19)9-12-21(27)25-16-7-10-18(29-4)11-8-16/h5-13,17,20H,14-15,24H2,1-4H3,(H,25,27)(H,26,28). The van der Waals surface area contributed by atoms with Gasteiger partial charge < -0.3 is 21.1 Å². The van der Waals surface area contributed by atoms with Crippen molar-refractivity contribution in [3.8, 4) is 5.75 Å². The number of hydrogen-bond donors (Lipinski definition) is 3. The maximum atomic E-state index is 12.6. The molecule has 0 saturated heterocycles. The molecule has 2 atom stereocenters. The van der Waals surface area contributed by atoms with Crippen molar-refractivity contribution >= 4 is 28.8 Å². The molecule has 6 nitrogen and oxygen atoms in total. The van der Waals surface area contributed by atoms with Gasteiger partial charge in [0.2, 0.25) is 11.8 Å². The highest BCUT2D eigenvalue weighted by Crippen LogP contribution is 2.22. The van der Waals surface area contributed by atoms with E-state index in [4.69, 9.17) is 10.5 Å². The van der Waals surface area contributed by atoms with Crippen LogP contribution in [0.25, 0.3) is 0 Å². The van der Waals surface area contributed by atoms with Crippen molar-refractivity contribution in [2.45, 2.75) is 45.7 Å². The average Bonchev–Trinajstić information content (AvgIpc) is 3.18. The predicted molar refractivity (Wildman–Crippen MR) is 123 cm³/mol. The first-order valence-electron chi connectivity index (χ1n) is 9.88. The Bertz CT molecular complexity index is 840. The van der Waals surface area contributed by atoms with Gasteiger partial charge in [0, 0.05) is 29.1 Å². The second kappa shape index (κ2) is 10.9. The zero-order valence-corrected chi connectivity index (χ0v) is 18.8. The fourth-order valence-corrected chi connectivity index (χ4v) is 3.68. The van der Waals surface area contributed by atoms with Crippen molar-refractivity contribution in [2.24, 2.45) is 11.1 Å². The topological polar surface area (TPSA) is 93.5 Å². The van der Waals surface area contributed by atoms with Gasteiger partial charge in [0.05, 0.1) is 13.2 Å². The smallest absolute Gasteiger partial charge is 0.248 e. The fraction of sp³-hybridized carbons (Fsp3) is 0.391. The van der Waals surface area contributed by atoms with E-state index in [-0.39, 0.29) is 23.3 Å². The molecule has 30 heavy (non-hydrogen) atoms. The molecule has 1 heterocycles. The molecule has 4 N–H and O–H groups in total. The van der Waals surface area contributed by atoms with E-state index in [1.807, 2.05) is 17.5 Å². The van der Waals surface area contributed by atoms with E-state index in [9.17, 15) is 9.59 Å². The summed E-state index contributed by atoms with van der Waals surface area (Å²) in [7, 11) is 1.59. The minimum Gasteiger partial charge on any atom is -0.497 e. The molecule has 162 valence electrons. The Labute approximate surface area is 182 Å². The van der Waals surface area contributed by atoms with Crippen LogP contribution in [-0.4, -0.2) is 31.0 Å². The molecular formula is C23H31N3O3S. The maximum absolute atomic E-state index is 12.6. The first kappa shape index (κ1) is 23.6. The normalized spacial score (nSPS) is 13.6. The molecule has 0 aliphatic rings. The van der Waals surface area contributed by atoms with E-state index in [1.54, 1.807) is 48.8 Å². The minimum absolute atomic E-state index is 0.0351. The molecule has 2 aromatic rings. The lowest BCUT2D eigenvalue weighted by molar-refractivity contribution is -0.123. The summed E-state index contributed by atoms with van der Waals surface area (Å²) in [6.45, 7) is 6.26. The van der Waals surface area contributed by atoms with E-state index < -0.39 is 6.04 Å². The number of methoxy groups -OCH3 is 1. The van der Waals surface area contributed by atoms with E-state index >= 15 is 0 Å². The van der Waals surface area contributed by atoms with Crippen molar-refractivity contribution in [3.63, 3.8) is 0 Å². The second-order valence-electron chi connectivity index (χ2n) is 8.35. The van der Waals surface area contributed by atoms with Gasteiger partial charge in [0.25, 0.3) is 0 Å². The second-order valence-corrected chi connectivity index (χ2v) is 9.38. The number of carbonyl (C=O) groups is 2. The van der Waals surface area contributed by atoms with Crippen molar-refractivity contribution in [2.75, 3.05) is 12.4 Å². The molecular weight excluding hydrogens is 398 g/mol. The van der Waals surface area contributed by atoms with Crippen LogP contribution in [0.4, 0.5) is 5.69 Å². The number of ether oxygens (including phenoxy) is 1. The minimum atomic E-state index is -0.632. The van der Waals surface area contributed by atoms with E-state index in [2.05, 4.69) is 31.4 Å². The summed E-state index contributed by atoms with van der Waals surface area (Å²) < 4.78 is 5.11. The van der Waals surface area contributed by atoms with Crippen molar-refractivity contribution < 1.29 is 14.3 Å². The molecule has 0 fully saturated rings. The van der Waals surface area contributed by atoms with Crippen LogP contribution in [-0.2, 0) is 16.0 Å². The van der Waals surface area contributed by atoms with Crippen LogP contribution in [0.3, 0.4) is 0 Å². The fourth-order valence-electron chi connectivity index (χ4n) is 2.92. The van der Waals surface area contributed by atoms with Crippen molar-refractivity contribution in [1.82, 2.24) is 5.32 Å². The molecule has 1 aromatic heterocycles. The Morgan fingerprint density at radius 3 is 2.47 bits per heavy atom. The molecule has 2 unspecified atom stereocenters. The summed E-state index contributed by atoms with van der Waals surface area (Å²) in [6, 6.07) is 10.1. The van der Waals surface area contributed by atoms with Crippen LogP contribution in [0.15, 0.2) is 53.9 Å². The summed E-state index contributed by atoms with van der Waals surface area (Å²) in [5, 5.41) is 7.74. The highest BCUT2D eigenvalue weighted by Gasteiger charge is 2.22. The van der Waals surface area contributed by atoms with Gasteiger partial charge in [-0.25, -0.2) is 0 Å². The van der Waals surface area contributed by atoms with Crippen LogP contribution in [0, 0.1) is 5.41 Å². The van der Waals surface area contributed by atoms with Gasteiger partial charge in [-0.3, -0.25) is 9.59 Å².